The quantitative estimate of drug-likeness (QED) is 0.733. The number of fused-ring (bicyclic) bond motifs is 1. The number of rotatable bonds is 3. The summed E-state index contributed by atoms with van der Waals surface area (Å²) in [7, 11) is 5.73. The summed E-state index contributed by atoms with van der Waals surface area (Å²) in [6.07, 6.45) is 5.36. The van der Waals surface area contributed by atoms with Crippen LogP contribution >= 0.6 is 0 Å². The Bertz CT molecular complexity index is 1070. The molecule has 3 aromatic rings. The number of amides is 1. The molecule has 3 heterocycles. The lowest BCUT2D eigenvalue weighted by atomic mass is 9.84. The van der Waals surface area contributed by atoms with Crippen LogP contribution in [0.15, 0.2) is 24.8 Å². The maximum absolute atomic E-state index is 13.1. The number of nitrogens with zero attached hydrogens (tertiary/aromatic N) is 6. The average molecular weight is 393 g/mol. The number of nitrogen functional groups attached to an aromatic ring is 1. The van der Waals surface area contributed by atoms with Gasteiger partial charge in [-0.1, -0.05) is 0 Å². The third kappa shape index (κ3) is 3.44. The average Bonchev–Trinajstić information content (AvgIpc) is 3.09. The van der Waals surface area contributed by atoms with Crippen molar-refractivity contribution in [2.45, 2.75) is 25.7 Å². The van der Waals surface area contributed by atoms with E-state index in [0.717, 1.165) is 53.7 Å². The second-order valence-electron chi connectivity index (χ2n) is 8.07. The van der Waals surface area contributed by atoms with Gasteiger partial charge in [-0.2, -0.15) is 0 Å². The van der Waals surface area contributed by atoms with E-state index in [-0.39, 0.29) is 11.8 Å². The van der Waals surface area contributed by atoms with E-state index in [1.165, 1.54) is 6.33 Å². The van der Waals surface area contributed by atoms with Gasteiger partial charge < -0.3 is 15.5 Å². The molecule has 152 valence electrons. The highest BCUT2D eigenvalue weighted by Crippen LogP contribution is 2.36. The number of aromatic nitrogens is 4. The maximum atomic E-state index is 13.1. The molecule has 8 nitrogen and oxygen atoms in total. The summed E-state index contributed by atoms with van der Waals surface area (Å²) in [6.45, 7) is 3.99. The smallest absolute Gasteiger partial charge is 0.253 e. The number of likely N-dealkylation sites (tertiary alicyclic amines) is 1. The molecule has 0 spiro atoms. The molecule has 1 saturated heterocycles. The Morgan fingerprint density at radius 2 is 2.03 bits per heavy atom. The van der Waals surface area contributed by atoms with Crippen LogP contribution in [-0.4, -0.2) is 69.5 Å². The van der Waals surface area contributed by atoms with Gasteiger partial charge in [-0.05, 0) is 56.5 Å². The van der Waals surface area contributed by atoms with E-state index in [1.807, 2.05) is 17.6 Å². The van der Waals surface area contributed by atoms with E-state index in [2.05, 4.69) is 21.9 Å². The van der Waals surface area contributed by atoms with Crippen molar-refractivity contribution < 1.29 is 4.79 Å². The van der Waals surface area contributed by atoms with Gasteiger partial charge in [0.15, 0.2) is 0 Å². The molecule has 1 atom stereocenters. The van der Waals surface area contributed by atoms with Crippen LogP contribution in [0.1, 0.15) is 40.2 Å². The first-order valence-electron chi connectivity index (χ1n) is 9.85. The topological polar surface area (TPSA) is 93.2 Å². The summed E-state index contributed by atoms with van der Waals surface area (Å²) >= 11 is 0. The number of hydrogen-bond donors (Lipinski definition) is 1. The van der Waals surface area contributed by atoms with Gasteiger partial charge in [-0.3, -0.25) is 9.36 Å². The zero-order valence-corrected chi connectivity index (χ0v) is 17.4. The molecule has 4 rings (SSSR count). The number of hydrogen-bond acceptors (Lipinski definition) is 6. The minimum absolute atomic E-state index is 0.0217. The van der Waals surface area contributed by atoms with E-state index in [9.17, 15) is 4.79 Å². The number of carbonyl (C=O) groups is 1. The van der Waals surface area contributed by atoms with Crippen LogP contribution in [0, 0.1) is 6.92 Å². The Labute approximate surface area is 170 Å². The van der Waals surface area contributed by atoms with Crippen LogP contribution in [-0.2, 0) is 0 Å². The molecule has 1 fully saturated rings. The molecule has 0 aliphatic carbocycles. The fourth-order valence-electron chi connectivity index (χ4n) is 4.29. The number of carbonyl (C=O) groups excluding carboxylic acids is 1. The second kappa shape index (κ2) is 7.44. The number of imidazole rings is 1. The molecule has 0 radical (unpaired) electrons. The zero-order valence-electron chi connectivity index (χ0n) is 17.4. The van der Waals surface area contributed by atoms with E-state index in [4.69, 9.17) is 10.7 Å². The summed E-state index contributed by atoms with van der Waals surface area (Å²) in [6, 6.07) is 3.75. The van der Waals surface area contributed by atoms with Crippen molar-refractivity contribution in [3.63, 3.8) is 0 Å². The minimum atomic E-state index is 0.0217. The second-order valence-corrected chi connectivity index (χ2v) is 8.07. The molecule has 8 heteroatoms. The monoisotopic (exact) mass is 393 g/mol. The molecule has 2 aromatic heterocycles. The molecule has 29 heavy (non-hydrogen) atoms. The van der Waals surface area contributed by atoms with Gasteiger partial charge in [0.2, 0.25) is 0 Å². The summed E-state index contributed by atoms with van der Waals surface area (Å²) in [5, 5.41) is 0. The summed E-state index contributed by atoms with van der Waals surface area (Å²) < 4.78 is 1.92. The van der Waals surface area contributed by atoms with Crippen molar-refractivity contribution in [3.8, 4) is 5.82 Å². The third-order valence-electron chi connectivity index (χ3n) is 5.65. The maximum Gasteiger partial charge on any atom is 0.253 e. The molecule has 0 bridgehead atoms. The lowest BCUT2D eigenvalue weighted by Crippen LogP contribution is -2.33. The van der Waals surface area contributed by atoms with Crippen molar-refractivity contribution in [2.75, 3.05) is 40.0 Å². The van der Waals surface area contributed by atoms with Gasteiger partial charge in [0.25, 0.3) is 5.91 Å². The van der Waals surface area contributed by atoms with Crippen molar-refractivity contribution >= 4 is 22.8 Å². The van der Waals surface area contributed by atoms with Crippen molar-refractivity contribution in [1.82, 2.24) is 29.3 Å². The molecule has 1 unspecified atom stereocenters. The van der Waals surface area contributed by atoms with Crippen LogP contribution in [0.2, 0.25) is 0 Å². The molecule has 1 amide bonds. The van der Waals surface area contributed by atoms with Gasteiger partial charge >= 0.3 is 0 Å². The van der Waals surface area contributed by atoms with E-state index in [0.29, 0.717) is 11.6 Å². The van der Waals surface area contributed by atoms with Crippen molar-refractivity contribution in [1.29, 1.82) is 0 Å². The van der Waals surface area contributed by atoms with Crippen LogP contribution < -0.4 is 5.73 Å². The van der Waals surface area contributed by atoms with E-state index >= 15 is 0 Å². The first kappa shape index (κ1) is 19.3. The number of nitrogens with two attached hydrogens (primary N) is 1. The molecule has 1 aliphatic heterocycles. The van der Waals surface area contributed by atoms with E-state index < -0.39 is 0 Å². The van der Waals surface area contributed by atoms with Gasteiger partial charge in [-0.25, -0.2) is 15.0 Å². The van der Waals surface area contributed by atoms with Crippen LogP contribution in [0.5, 0.6) is 0 Å². The highest BCUT2D eigenvalue weighted by atomic mass is 16.2. The predicted molar refractivity (Wildman–Crippen MR) is 113 cm³/mol. The SMILES string of the molecule is Cc1cc2c(ncn2-c2cc(N)ncn2)c(C2CCCN(C)C2)c1C(=O)N(C)C. The largest absolute Gasteiger partial charge is 0.384 e. The number of piperidine rings is 1. The van der Waals surface area contributed by atoms with E-state index in [1.54, 1.807) is 31.4 Å². The summed E-state index contributed by atoms with van der Waals surface area (Å²) in [5.74, 6) is 1.35. The normalized spacial score (nSPS) is 17.6. The molecule has 0 saturated carbocycles. The third-order valence-corrected chi connectivity index (χ3v) is 5.65. The standard InChI is InChI=1S/C21H27N7O/c1-13-8-15-20(25-12-28(15)17-9-16(22)23-11-24-17)19(18(13)21(29)26(2)3)14-6-5-7-27(4)10-14/h8-9,11-12,14H,5-7,10H2,1-4H3,(H2,22,23,24). The predicted octanol–water partition coefficient (Wildman–Crippen LogP) is 2.22. The highest BCUT2D eigenvalue weighted by Gasteiger charge is 2.29. The highest BCUT2D eigenvalue weighted by molar-refractivity contribution is 6.02. The van der Waals surface area contributed by atoms with Gasteiger partial charge in [0, 0.05) is 32.3 Å². The van der Waals surface area contributed by atoms with Crippen molar-refractivity contribution in [3.05, 3.63) is 41.5 Å². The van der Waals surface area contributed by atoms with Gasteiger partial charge in [0.1, 0.15) is 24.3 Å². The molecular weight excluding hydrogens is 366 g/mol. The van der Waals surface area contributed by atoms with Gasteiger partial charge in [0.05, 0.1) is 11.0 Å². The Balaban J connectivity index is 1.97. The number of aryl methyl sites for hydroxylation is 1. The van der Waals surface area contributed by atoms with Crippen LogP contribution in [0.4, 0.5) is 5.82 Å². The fraction of sp³-hybridized carbons (Fsp3) is 0.429. The first-order valence-corrected chi connectivity index (χ1v) is 9.85. The van der Waals surface area contributed by atoms with Crippen LogP contribution in [0.25, 0.3) is 16.9 Å². The Morgan fingerprint density at radius 3 is 2.72 bits per heavy atom. The number of anilines is 1. The summed E-state index contributed by atoms with van der Waals surface area (Å²) in [4.78, 5) is 30.2. The Kier molecular flexibility index (Phi) is 4.96. The fourth-order valence-corrected chi connectivity index (χ4v) is 4.29. The molecule has 1 aliphatic rings. The number of benzene rings is 1. The Morgan fingerprint density at radius 1 is 1.24 bits per heavy atom. The molecular formula is C21H27N7O. The van der Waals surface area contributed by atoms with Crippen LogP contribution in [0.3, 0.4) is 0 Å². The lowest BCUT2D eigenvalue weighted by Gasteiger charge is -2.32. The first-order chi connectivity index (χ1) is 13.9. The lowest BCUT2D eigenvalue weighted by molar-refractivity contribution is 0.0824. The summed E-state index contributed by atoms with van der Waals surface area (Å²) in [5.41, 5.74) is 10.4. The number of likely N-dealkylation sites (N-methyl/N-ethyl adjacent to an activating group) is 1. The van der Waals surface area contributed by atoms with Crippen molar-refractivity contribution in [2.24, 2.45) is 0 Å². The van der Waals surface area contributed by atoms with Gasteiger partial charge in [-0.15, -0.1) is 0 Å². The Hall–Kier alpha value is -3.00. The minimum Gasteiger partial charge on any atom is -0.384 e. The molecule has 2 N–H and O–H groups in total. The molecule has 1 aromatic carbocycles. The zero-order chi connectivity index (χ0) is 20.7.